The van der Waals surface area contributed by atoms with Crippen molar-refractivity contribution in [1.29, 1.82) is 0 Å². The third-order valence-corrected chi connectivity index (χ3v) is 5.04. The first kappa shape index (κ1) is 17.6. The Labute approximate surface area is 142 Å². The molecule has 0 aliphatic rings. The lowest BCUT2D eigenvalue weighted by molar-refractivity contribution is -0.120. The van der Waals surface area contributed by atoms with Gasteiger partial charge in [-0.1, -0.05) is 24.8 Å². The average Bonchev–Trinajstić information content (AvgIpc) is 2.96. The molecule has 0 saturated heterocycles. The molecular weight excluding hydrogens is 306 g/mol. The molecule has 5 heteroatoms. The second-order valence-corrected chi connectivity index (χ2v) is 7.37. The van der Waals surface area contributed by atoms with Crippen molar-refractivity contribution in [3.8, 4) is 5.69 Å². The first-order valence-corrected chi connectivity index (χ1v) is 8.86. The van der Waals surface area contributed by atoms with Crippen LogP contribution in [0.2, 0.25) is 0 Å². The third-order valence-electron chi connectivity index (χ3n) is 4.07. The molecule has 23 heavy (non-hydrogen) atoms. The van der Waals surface area contributed by atoms with E-state index in [1.54, 1.807) is 6.20 Å². The highest BCUT2D eigenvalue weighted by Crippen LogP contribution is 2.22. The molecule has 0 radical (unpaired) electrons. The zero-order chi connectivity index (χ0) is 17.0. The SMILES string of the molecule is CCC(C)(C)NC(=O)CSc1nccn1-c1ccc(C)c(C)c1. The summed E-state index contributed by atoms with van der Waals surface area (Å²) in [4.78, 5) is 16.5. The second-order valence-electron chi connectivity index (χ2n) is 6.42. The van der Waals surface area contributed by atoms with Crippen molar-refractivity contribution in [2.24, 2.45) is 0 Å². The number of carbonyl (C=O) groups excluding carboxylic acids is 1. The Bertz CT molecular complexity index is 691. The first-order chi connectivity index (χ1) is 10.8. The number of benzene rings is 1. The van der Waals surface area contributed by atoms with Gasteiger partial charge in [0.15, 0.2) is 5.16 Å². The van der Waals surface area contributed by atoms with E-state index in [0.717, 1.165) is 17.3 Å². The first-order valence-electron chi connectivity index (χ1n) is 7.87. The Morgan fingerprint density at radius 3 is 2.70 bits per heavy atom. The fourth-order valence-corrected chi connectivity index (χ4v) is 2.87. The van der Waals surface area contributed by atoms with Gasteiger partial charge in [0.1, 0.15) is 0 Å². The lowest BCUT2D eigenvalue weighted by Gasteiger charge is -2.24. The molecular formula is C18H25N3OS. The summed E-state index contributed by atoms with van der Waals surface area (Å²) < 4.78 is 2.02. The predicted molar refractivity (Wildman–Crippen MR) is 96.3 cm³/mol. The number of nitrogens with one attached hydrogen (secondary N) is 1. The maximum atomic E-state index is 12.1. The molecule has 124 valence electrons. The number of amides is 1. The number of hydrogen-bond donors (Lipinski definition) is 1. The number of hydrogen-bond acceptors (Lipinski definition) is 3. The van der Waals surface area contributed by atoms with Crippen molar-refractivity contribution in [2.75, 3.05) is 5.75 Å². The van der Waals surface area contributed by atoms with Gasteiger partial charge in [0.25, 0.3) is 0 Å². The monoisotopic (exact) mass is 331 g/mol. The Hall–Kier alpha value is -1.75. The topological polar surface area (TPSA) is 46.9 Å². The van der Waals surface area contributed by atoms with Gasteiger partial charge in [-0.2, -0.15) is 0 Å². The average molecular weight is 331 g/mol. The fraction of sp³-hybridized carbons (Fsp3) is 0.444. The summed E-state index contributed by atoms with van der Waals surface area (Å²) in [6, 6.07) is 6.32. The molecule has 0 fully saturated rings. The molecule has 1 N–H and O–H groups in total. The van der Waals surface area contributed by atoms with Crippen LogP contribution in [0.3, 0.4) is 0 Å². The summed E-state index contributed by atoms with van der Waals surface area (Å²) >= 11 is 1.46. The number of aryl methyl sites for hydroxylation is 2. The van der Waals surface area contributed by atoms with E-state index in [4.69, 9.17) is 0 Å². The van der Waals surface area contributed by atoms with E-state index in [0.29, 0.717) is 5.75 Å². The van der Waals surface area contributed by atoms with E-state index >= 15 is 0 Å². The molecule has 0 aliphatic heterocycles. The van der Waals surface area contributed by atoms with E-state index in [-0.39, 0.29) is 11.4 Å². The molecule has 2 rings (SSSR count). The molecule has 0 spiro atoms. The number of aromatic nitrogens is 2. The largest absolute Gasteiger partial charge is 0.351 e. The van der Waals surface area contributed by atoms with Gasteiger partial charge in [0, 0.05) is 23.6 Å². The molecule has 0 unspecified atom stereocenters. The van der Waals surface area contributed by atoms with Crippen molar-refractivity contribution < 1.29 is 4.79 Å². The minimum Gasteiger partial charge on any atom is -0.351 e. The Balaban J connectivity index is 2.07. The van der Waals surface area contributed by atoms with Crippen LogP contribution in [-0.2, 0) is 4.79 Å². The molecule has 0 atom stereocenters. The highest BCUT2D eigenvalue weighted by Gasteiger charge is 2.18. The second kappa shape index (κ2) is 7.21. The molecule has 4 nitrogen and oxygen atoms in total. The van der Waals surface area contributed by atoms with Crippen LogP contribution in [0.25, 0.3) is 5.69 Å². The van der Waals surface area contributed by atoms with Gasteiger partial charge in [0.05, 0.1) is 5.75 Å². The molecule has 1 amide bonds. The van der Waals surface area contributed by atoms with Crippen LogP contribution >= 0.6 is 11.8 Å². The molecule has 0 saturated carbocycles. The Kier molecular flexibility index (Phi) is 5.52. The van der Waals surface area contributed by atoms with Gasteiger partial charge < -0.3 is 5.32 Å². The van der Waals surface area contributed by atoms with Crippen molar-refractivity contribution in [1.82, 2.24) is 14.9 Å². The van der Waals surface area contributed by atoms with Crippen molar-refractivity contribution >= 4 is 17.7 Å². The van der Waals surface area contributed by atoms with Crippen LogP contribution in [0.5, 0.6) is 0 Å². The molecule has 1 aromatic heterocycles. The fourth-order valence-electron chi connectivity index (χ4n) is 2.10. The molecule has 0 aliphatic carbocycles. The molecule has 0 bridgehead atoms. The number of nitrogens with zero attached hydrogens (tertiary/aromatic N) is 2. The highest BCUT2D eigenvalue weighted by atomic mass is 32.2. The summed E-state index contributed by atoms with van der Waals surface area (Å²) in [6.07, 6.45) is 4.60. The maximum Gasteiger partial charge on any atom is 0.230 e. The zero-order valence-corrected chi connectivity index (χ0v) is 15.3. The van der Waals surface area contributed by atoms with Gasteiger partial charge in [-0.3, -0.25) is 9.36 Å². The van der Waals surface area contributed by atoms with E-state index in [1.165, 1.54) is 22.9 Å². The summed E-state index contributed by atoms with van der Waals surface area (Å²) in [6.45, 7) is 10.3. The van der Waals surface area contributed by atoms with Crippen LogP contribution in [0.4, 0.5) is 0 Å². The maximum absolute atomic E-state index is 12.1. The van der Waals surface area contributed by atoms with Gasteiger partial charge in [-0.15, -0.1) is 0 Å². The van der Waals surface area contributed by atoms with Crippen molar-refractivity contribution in [2.45, 2.75) is 51.7 Å². The molecule has 1 heterocycles. The summed E-state index contributed by atoms with van der Waals surface area (Å²) in [5.74, 6) is 0.405. The van der Waals surface area contributed by atoms with Crippen LogP contribution in [-0.4, -0.2) is 26.8 Å². The van der Waals surface area contributed by atoms with Gasteiger partial charge in [-0.05, 0) is 57.4 Å². The summed E-state index contributed by atoms with van der Waals surface area (Å²) in [7, 11) is 0. The number of rotatable bonds is 6. The van der Waals surface area contributed by atoms with E-state index in [2.05, 4.69) is 49.3 Å². The zero-order valence-electron chi connectivity index (χ0n) is 14.5. The van der Waals surface area contributed by atoms with Gasteiger partial charge in [-0.25, -0.2) is 4.98 Å². The number of carbonyl (C=O) groups is 1. The van der Waals surface area contributed by atoms with Crippen molar-refractivity contribution in [3.63, 3.8) is 0 Å². The standard InChI is InChI=1S/C18H25N3OS/c1-6-18(4,5)20-16(22)12-23-17-19-9-10-21(17)15-8-7-13(2)14(3)11-15/h7-11H,6,12H2,1-5H3,(H,20,22). The quantitative estimate of drug-likeness (QED) is 0.817. The predicted octanol–water partition coefficient (Wildman–Crippen LogP) is 3.89. The van der Waals surface area contributed by atoms with E-state index < -0.39 is 0 Å². The third kappa shape index (κ3) is 4.61. The summed E-state index contributed by atoms with van der Waals surface area (Å²) in [5, 5.41) is 3.88. The minimum absolute atomic E-state index is 0.0384. The number of imidazole rings is 1. The van der Waals surface area contributed by atoms with Crippen molar-refractivity contribution in [3.05, 3.63) is 41.7 Å². The lowest BCUT2D eigenvalue weighted by atomic mass is 10.0. The van der Waals surface area contributed by atoms with Gasteiger partial charge in [0.2, 0.25) is 5.91 Å². The van der Waals surface area contributed by atoms with Crippen LogP contribution in [0.1, 0.15) is 38.3 Å². The smallest absolute Gasteiger partial charge is 0.230 e. The minimum atomic E-state index is -0.166. The van der Waals surface area contributed by atoms with Crippen LogP contribution < -0.4 is 5.32 Å². The molecule has 1 aromatic carbocycles. The lowest BCUT2D eigenvalue weighted by Crippen LogP contribution is -2.43. The molecule has 2 aromatic rings. The van der Waals surface area contributed by atoms with Crippen LogP contribution in [0.15, 0.2) is 35.7 Å². The van der Waals surface area contributed by atoms with Gasteiger partial charge >= 0.3 is 0 Å². The Morgan fingerprint density at radius 2 is 2.04 bits per heavy atom. The van der Waals surface area contributed by atoms with E-state index in [1.807, 2.05) is 24.6 Å². The highest BCUT2D eigenvalue weighted by molar-refractivity contribution is 7.99. The van der Waals surface area contributed by atoms with E-state index in [9.17, 15) is 4.79 Å². The summed E-state index contributed by atoms with van der Waals surface area (Å²) in [5.41, 5.74) is 3.42. The van der Waals surface area contributed by atoms with Crippen LogP contribution in [0, 0.1) is 13.8 Å². The Morgan fingerprint density at radius 1 is 1.30 bits per heavy atom. The number of thioether (sulfide) groups is 1. The normalized spacial score (nSPS) is 11.5.